The summed E-state index contributed by atoms with van der Waals surface area (Å²) in [4.78, 5) is 10.7. The van der Waals surface area contributed by atoms with Crippen LogP contribution in [0.25, 0.3) is 0 Å². The van der Waals surface area contributed by atoms with Crippen LogP contribution in [0.3, 0.4) is 0 Å². The molecule has 19 heavy (non-hydrogen) atoms. The van der Waals surface area contributed by atoms with Crippen LogP contribution >= 0.6 is 11.6 Å². The zero-order valence-electron chi connectivity index (χ0n) is 10.8. The Morgan fingerprint density at radius 1 is 1.32 bits per heavy atom. The predicted molar refractivity (Wildman–Crippen MR) is 76.4 cm³/mol. The van der Waals surface area contributed by atoms with Crippen molar-refractivity contribution in [3.8, 4) is 0 Å². The molecule has 0 saturated heterocycles. The van der Waals surface area contributed by atoms with Gasteiger partial charge in [0, 0.05) is 22.7 Å². The molecule has 5 heteroatoms. The zero-order chi connectivity index (χ0) is 13.8. The fourth-order valence-corrected chi connectivity index (χ4v) is 2.99. The summed E-state index contributed by atoms with van der Waals surface area (Å²) in [5.74, 6) is 0.336. The van der Waals surface area contributed by atoms with Gasteiger partial charge in [0.25, 0.3) is 5.69 Å². The highest BCUT2D eigenvalue weighted by atomic mass is 35.5. The van der Waals surface area contributed by atoms with Crippen LogP contribution in [-0.4, -0.2) is 11.0 Å². The summed E-state index contributed by atoms with van der Waals surface area (Å²) in [6.45, 7) is 0. The van der Waals surface area contributed by atoms with E-state index in [1.165, 1.54) is 25.3 Å². The van der Waals surface area contributed by atoms with Crippen LogP contribution in [-0.2, 0) is 6.42 Å². The van der Waals surface area contributed by atoms with E-state index < -0.39 is 0 Å². The third kappa shape index (κ3) is 3.67. The number of nitrogens with zero attached hydrogens (tertiary/aromatic N) is 1. The van der Waals surface area contributed by atoms with Crippen molar-refractivity contribution in [2.45, 2.75) is 44.6 Å². The van der Waals surface area contributed by atoms with Crippen molar-refractivity contribution in [1.82, 2.24) is 0 Å². The van der Waals surface area contributed by atoms with Crippen molar-refractivity contribution >= 4 is 17.3 Å². The molecule has 0 bridgehead atoms. The van der Waals surface area contributed by atoms with Crippen LogP contribution in [0.4, 0.5) is 5.69 Å². The summed E-state index contributed by atoms with van der Waals surface area (Å²) in [6.07, 6.45) is 6.30. The van der Waals surface area contributed by atoms with E-state index in [1.54, 1.807) is 12.1 Å². The number of hydrogen-bond acceptors (Lipinski definition) is 3. The molecule has 2 atom stereocenters. The number of nitrogens with two attached hydrogens (primary N) is 1. The van der Waals surface area contributed by atoms with Gasteiger partial charge in [-0.3, -0.25) is 10.1 Å². The molecule has 2 N–H and O–H groups in total. The Morgan fingerprint density at radius 2 is 2.05 bits per heavy atom. The van der Waals surface area contributed by atoms with E-state index in [0.29, 0.717) is 17.4 Å². The highest BCUT2D eigenvalue weighted by Gasteiger charge is 2.24. The van der Waals surface area contributed by atoms with Crippen LogP contribution in [0.1, 0.15) is 37.7 Å². The largest absolute Gasteiger partial charge is 0.327 e. The van der Waals surface area contributed by atoms with E-state index in [1.807, 2.05) is 0 Å². The first-order valence-electron chi connectivity index (χ1n) is 6.76. The van der Waals surface area contributed by atoms with Crippen LogP contribution in [0.2, 0.25) is 5.02 Å². The molecule has 2 rings (SSSR count). The van der Waals surface area contributed by atoms with Gasteiger partial charge in [-0.2, -0.15) is 0 Å². The molecule has 1 aliphatic rings. The molecule has 0 aromatic heterocycles. The van der Waals surface area contributed by atoms with Gasteiger partial charge >= 0.3 is 0 Å². The molecular formula is C14H19ClN2O2. The molecule has 1 aromatic rings. The maximum atomic E-state index is 11.1. The van der Waals surface area contributed by atoms with Gasteiger partial charge in [-0.15, -0.1) is 0 Å². The minimum Gasteiger partial charge on any atom is -0.327 e. The van der Waals surface area contributed by atoms with Gasteiger partial charge in [-0.1, -0.05) is 36.9 Å². The Hall–Kier alpha value is -1.13. The van der Waals surface area contributed by atoms with Crippen molar-refractivity contribution in [2.75, 3.05) is 0 Å². The Bertz CT molecular complexity index is 465. The maximum Gasteiger partial charge on any atom is 0.274 e. The molecule has 1 fully saturated rings. The van der Waals surface area contributed by atoms with Gasteiger partial charge in [0.2, 0.25) is 0 Å². The molecule has 1 saturated carbocycles. The Balaban J connectivity index is 2.19. The minimum atomic E-state index is -0.358. The lowest BCUT2D eigenvalue weighted by molar-refractivity contribution is -0.385. The SMILES string of the molecule is NC1CCCCCC1Cc1ccc(Cl)cc1[N+](=O)[O-]. The second-order valence-corrected chi connectivity index (χ2v) is 5.73. The molecular weight excluding hydrogens is 264 g/mol. The molecule has 104 valence electrons. The molecule has 0 spiro atoms. The summed E-state index contributed by atoms with van der Waals surface area (Å²) < 4.78 is 0. The molecule has 4 nitrogen and oxygen atoms in total. The van der Waals surface area contributed by atoms with Crippen molar-refractivity contribution in [3.05, 3.63) is 38.9 Å². The third-order valence-electron chi connectivity index (χ3n) is 3.94. The Labute approximate surface area is 118 Å². The summed E-state index contributed by atoms with van der Waals surface area (Å²) in [5, 5.41) is 11.5. The molecule has 2 unspecified atom stereocenters. The second-order valence-electron chi connectivity index (χ2n) is 5.30. The fraction of sp³-hybridized carbons (Fsp3) is 0.571. The van der Waals surface area contributed by atoms with Gasteiger partial charge in [-0.25, -0.2) is 0 Å². The van der Waals surface area contributed by atoms with Crippen molar-refractivity contribution in [2.24, 2.45) is 11.7 Å². The predicted octanol–water partition coefficient (Wildman–Crippen LogP) is 3.70. The number of halogens is 1. The summed E-state index contributed by atoms with van der Waals surface area (Å²) in [6, 6.07) is 5.06. The average Bonchev–Trinajstić information content (AvgIpc) is 2.57. The maximum absolute atomic E-state index is 11.1. The van der Waals surface area contributed by atoms with E-state index in [4.69, 9.17) is 17.3 Å². The summed E-state index contributed by atoms with van der Waals surface area (Å²) in [7, 11) is 0. The number of benzene rings is 1. The van der Waals surface area contributed by atoms with Crippen molar-refractivity contribution < 1.29 is 4.92 Å². The van der Waals surface area contributed by atoms with Gasteiger partial charge in [0.15, 0.2) is 0 Å². The van der Waals surface area contributed by atoms with E-state index in [9.17, 15) is 10.1 Å². The lowest BCUT2D eigenvalue weighted by atomic mass is 9.88. The van der Waals surface area contributed by atoms with Crippen LogP contribution in [0.15, 0.2) is 18.2 Å². The number of rotatable bonds is 3. The lowest BCUT2D eigenvalue weighted by Crippen LogP contribution is -2.30. The second kappa shape index (κ2) is 6.35. The molecule has 0 heterocycles. The topological polar surface area (TPSA) is 69.2 Å². The van der Waals surface area contributed by atoms with Crippen LogP contribution in [0, 0.1) is 16.0 Å². The highest BCUT2D eigenvalue weighted by molar-refractivity contribution is 6.30. The Morgan fingerprint density at radius 3 is 2.79 bits per heavy atom. The lowest BCUT2D eigenvalue weighted by Gasteiger charge is -2.21. The molecule has 1 aromatic carbocycles. The summed E-state index contributed by atoms with van der Waals surface area (Å²) in [5.41, 5.74) is 7.05. The quantitative estimate of drug-likeness (QED) is 0.522. The first-order valence-corrected chi connectivity index (χ1v) is 7.14. The first-order chi connectivity index (χ1) is 9.08. The van der Waals surface area contributed by atoms with E-state index in [-0.39, 0.29) is 16.7 Å². The highest BCUT2D eigenvalue weighted by Crippen LogP contribution is 2.30. The van der Waals surface area contributed by atoms with Gasteiger partial charge in [-0.05, 0) is 31.2 Å². The van der Waals surface area contributed by atoms with Crippen LogP contribution in [0.5, 0.6) is 0 Å². The standard InChI is InChI=1S/C14H19ClN2O2/c15-12-7-6-11(14(9-12)17(18)19)8-10-4-2-1-3-5-13(10)16/h6-7,9-10,13H,1-5,8,16H2. The van der Waals surface area contributed by atoms with E-state index in [0.717, 1.165) is 18.4 Å². The zero-order valence-corrected chi connectivity index (χ0v) is 11.6. The molecule has 1 aliphatic carbocycles. The minimum absolute atomic E-state index is 0.115. The monoisotopic (exact) mass is 282 g/mol. The van der Waals surface area contributed by atoms with E-state index in [2.05, 4.69) is 0 Å². The average molecular weight is 283 g/mol. The van der Waals surface area contributed by atoms with Crippen molar-refractivity contribution in [1.29, 1.82) is 0 Å². The molecule has 0 aliphatic heterocycles. The summed E-state index contributed by atoms with van der Waals surface area (Å²) >= 11 is 5.83. The van der Waals surface area contributed by atoms with Crippen molar-refractivity contribution in [3.63, 3.8) is 0 Å². The molecule has 0 radical (unpaired) electrons. The van der Waals surface area contributed by atoms with E-state index >= 15 is 0 Å². The number of hydrogen-bond donors (Lipinski definition) is 1. The normalized spacial score (nSPS) is 23.9. The Kier molecular flexibility index (Phi) is 4.77. The third-order valence-corrected chi connectivity index (χ3v) is 4.18. The first kappa shape index (κ1) is 14.3. The van der Waals surface area contributed by atoms with Gasteiger partial charge in [0.1, 0.15) is 0 Å². The molecule has 0 amide bonds. The van der Waals surface area contributed by atoms with Gasteiger partial charge in [0.05, 0.1) is 4.92 Å². The van der Waals surface area contributed by atoms with Gasteiger partial charge < -0.3 is 5.73 Å². The smallest absolute Gasteiger partial charge is 0.274 e. The van der Waals surface area contributed by atoms with Crippen LogP contribution < -0.4 is 5.73 Å². The fourth-order valence-electron chi connectivity index (χ4n) is 2.83. The number of nitro benzene ring substituents is 1. The number of nitro groups is 1.